The standard InChI is InChI=1S/C54H34N4/c1-3-15-36(16-4-1)52-45-29-26-35-14-7-8-21-42(35)53(45)56-54(55-52)39-17-13-20-41(32-39)58-49-25-12-10-23-44(49)47-34-38(28-31-51(47)58)37-27-30-50-46(33-37)43-22-9-11-24-48(43)57(50)40-18-5-2-6-19-40/h1-34H. The number of hydrogen-bond donors (Lipinski definition) is 0. The Bertz CT molecular complexity index is 3560. The van der Waals surface area contributed by atoms with E-state index in [-0.39, 0.29) is 0 Å². The summed E-state index contributed by atoms with van der Waals surface area (Å²) in [5.41, 5.74) is 13.3. The first-order valence-electron chi connectivity index (χ1n) is 19.7. The lowest BCUT2D eigenvalue weighted by molar-refractivity contribution is 1.17. The van der Waals surface area contributed by atoms with Crippen LogP contribution < -0.4 is 0 Å². The molecule has 0 N–H and O–H groups in total. The molecular weight excluding hydrogens is 705 g/mol. The minimum absolute atomic E-state index is 0.705. The fourth-order valence-corrected chi connectivity index (χ4v) is 9.03. The first-order chi connectivity index (χ1) is 28.8. The fourth-order valence-electron chi connectivity index (χ4n) is 9.03. The van der Waals surface area contributed by atoms with Gasteiger partial charge >= 0.3 is 0 Å². The SMILES string of the molecule is c1ccc(-c2nc(-c3cccc(-n4c5ccccc5c5cc(-c6ccc7c(c6)c6ccccc6n7-c6ccccc6)ccc54)c3)nc3c2ccc2ccccc23)cc1. The topological polar surface area (TPSA) is 35.6 Å². The van der Waals surface area contributed by atoms with Gasteiger partial charge < -0.3 is 9.13 Å². The Balaban J connectivity index is 1.02. The molecule has 12 rings (SSSR count). The summed E-state index contributed by atoms with van der Waals surface area (Å²) in [5.74, 6) is 0.705. The van der Waals surface area contributed by atoms with E-state index in [2.05, 4.69) is 209 Å². The largest absolute Gasteiger partial charge is 0.309 e. The normalized spacial score (nSPS) is 11.8. The van der Waals surface area contributed by atoms with Crippen molar-refractivity contribution in [1.29, 1.82) is 0 Å². The lowest BCUT2D eigenvalue weighted by Gasteiger charge is -2.13. The summed E-state index contributed by atoms with van der Waals surface area (Å²) >= 11 is 0. The van der Waals surface area contributed by atoms with Gasteiger partial charge in [0, 0.05) is 54.8 Å². The lowest BCUT2D eigenvalue weighted by Crippen LogP contribution is -1.98. The van der Waals surface area contributed by atoms with Gasteiger partial charge in [0.25, 0.3) is 0 Å². The molecule has 9 aromatic carbocycles. The number of aromatic nitrogens is 4. The van der Waals surface area contributed by atoms with Gasteiger partial charge in [-0.05, 0) is 83.2 Å². The zero-order chi connectivity index (χ0) is 38.2. The quantitative estimate of drug-likeness (QED) is 0.165. The van der Waals surface area contributed by atoms with E-state index in [4.69, 9.17) is 9.97 Å². The van der Waals surface area contributed by atoms with Gasteiger partial charge in [-0.3, -0.25) is 0 Å². The average Bonchev–Trinajstić information content (AvgIpc) is 3.81. The molecule has 0 aliphatic heterocycles. The van der Waals surface area contributed by atoms with Crippen LogP contribution in [0.4, 0.5) is 0 Å². The molecule has 270 valence electrons. The molecule has 3 heterocycles. The maximum absolute atomic E-state index is 5.29. The molecule has 0 saturated heterocycles. The molecule has 0 unspecified atom stereocenters. The minimum atomic E-state index is 0.705. The third-order valence-electron chi connectivity index (χ3n) is 11.7. The second kappa shape index (κ2) is 12.9. The molecule has 0 radical (unpaired) electrons. The molecule has 12 aromatic rings. The molecular formula is C54H34N4. The third-order valence-corrected chi connectivity index (χ3v) is 11.7. The fraction of sp³-hybridized carbons (Fsp3) is 0. The smallest absolute Gasteiger partial charge is 0.160 e. The van der Waals surface area contributed by atoms with E-state index in [0.717, 1.165) is 60.9 Å². The molecule has 3 aromatic heterocycles. The third kappa shape index (κ3) is 5.02. The summed E-state index contributed by atoms with van der Waals surface area (Å²) in [6.45, 7) is 0. The summed E-state index contributed by atoms with van der Waals surface area (Å²) in [6, 6.07) is 73.8. The van der Waals surface area contributed by atoms with Crippen LogP contribution in [-0.4, -0.2) is 19.1 Å². The Morgan fingerprint density at radius 1 is 0.293 bits per heavy atom. The zero-order valence-corrected chi connectivity index (χ0v) is 31.4. The maximum Gasteiger partial charge on any atom is 0.160 e. The molecule has 0 amide bonds. The molecule has 0 aliphatic carbocycles. The van der Waals surface area contributed by atoms with E-state index in [1.165, 1.54) is 43.7 Å². The molecule has 4 heteroatoms. The van der Waals surface area contributed by atoms with Gasteiger partial charge in [-0.2, -0.15) is 0 Å². The van der Waals surface area contributed by atoms with Crippen molar-refractivity contribution < 1.29 is 0 Å². The van der Waals surface area contributed by atoms with E-state index in [1.54, 1.807) is 0 Å². The van der Waals surface area contributed by atoms with Gasteiger partial charge in [-0.25, -0.2) is 9.97 Å². The van der Waals surface area contributed by atoms with Crippen molar-refractivity contribution in [2.45, 2.75) is 0 Å². The number of para-hydroxylation sites is 3. The Morgan fingerprint density at radius 3 is 1.52 bits per heavy atom. The number of fused-ring (bicyclic) bond motifs is 9. The summed E-state index contributed by atoms with van der Waals surface area (Å²) in [7, 11) is 0. The second-order valence-electron chi connectivity index (χ2n) is 15.0. The van der Waals surface area contributed by atoms with E-state index in [0.29, 0.717) is 5.82 Å². The first-order valence-corrected chi connectivity index (χ1v) is 19.7. The predicted molar refractivity (Wildman–Crippen MR) is 242 cm³/mol. The molecule has 0 aliphatic rings. The van der Waals surface area contributed by atoms with Crippen molar-refractivity contribution in [3.05, 3.63) is 206 Å². The van der Waals surface area contributed by atoms with Gasteiger partial charge in [0.15, 0.2) is 5.82 Å². The van der Waals surface area contributed by atoms with Crippen LogP contribution in [0.5, 0.6) is 0 Å². The number of hydrogen-bond acceptors (Lipinski definition) is 2. The van der Waals surface area contributed by atoms with Crippen molar-refractivity contribution in [1.82, 2.24) is 19.1 Å². The van der Waals surface area contributed by atoms with Crippen LogP contribution in [0.1, 0.15) is 0 Å². The van der Waals surface area contributed by atoms with Crippen molar-refractivity contribution >= 4 is 65.3 Å². The predicted octanol–water partition coefficient (Wildman–Crippen LogP) is 14.0. The highest BCUT2D eigenvalue weighted by Crippen LogP contribution is 2.39. The van der Waals surface area contributed by atoms with Crippen molar-refractivity contribution in [2.24, 2.45) is 0 Å². The van der Waals surface area contributed by atoms with Gasteiger partial charge in [0.05, 0.1) is 33.3 Å². The average molecular weight is 739 g/mol. The number of rotatable bonds is 5. The molecule has 0 bridgehead atoms. The van der Waals surface area contributed by atoms with Crippen LogP contribution in [0.2, 0.25) is 0 Å². The highest BCUT2D eigenvalue weighted by molar-refractivity contribution is 6.13. The number of benzene rings is 9. The molecule has 0 saturated carbocycles. The van der Waals surface area contributed by atoms with Crippen LogP contribution in [0, 0.1) is 0 Å². The molecule has 0 spiro atoms. The van der Waals surface area contributed by atoms with Gasteiger partial charge in [0.2, 0.25) is 0 Å². The van der Waals surface area contributed by atoms with Crippen LogP contribution in [0.15, 0.2) is 206 Å². The van der Waals surface area contributed by atoms with Crippen LogP contribution >= 0.6 is 0 Å². The maximum atomic E-state index is 5.29. The first kappa shape index (κ1) is 32.4. The van der Waals surface area contributed by atoms with E-state index >= 15 is 0 Å². The van der Waals surface area contributed by atoms with Crippen LogP contribution in [-0.2, 0) is 0 Å². The summed E-state index contributed by atoms with van der Waals surface area (Å²) in [4.78, 5) is 10.6. The summed E-state index contributed by atoms with van der Waals surface area (Å²) in [6.07, 6.45) is 0. The highest BCUT2D eigenvalue weighted by atomic mass is 15.0. The number of nitrogens with zero attached hydrogens (tertiary/aromatic N) is 4. The lowest BCUT2D eigenvalue weighted by atomic mass is 10.0. The Kier molecular flexibility index (Phi) is 7.20. The highest BCUT2D eigenvalue weighted by Gasteiger charge is 2.18. The zero-order valence-electron chi connectivity index (χ0n) is 31.4. The van der Waals surface area contributed by atoms with E-state index < -0.39 is 0 Å². The Labute approximate surface area is 334 Å². The monoisotopic (exact) mass is 738 g/mol. The minimum Gasteiger partial charge on any atom is -0.309 e. The van der Waals surface area contributed by atoms with Gasteiger partial charge in [-0.1, -0.05) is 140 Å². The molecule has 58 heavy (non-hydrogen) atoms. The Morgan fingerprint density at radius 2 is 0.828 bits per heavy atom. The van der Waals surface area contributed by atoms with E-state index in [1.807, 2.05) is 6.07 Å². The van der Waals surface area contributed by atoms with Crippen molar-refractivity contribution in [3.63, 3.8) is 0 Å². The van der Waals surface area contributed by atoms with Crippen molar-refractivity contribution in [2.75, 3.05) is 0 Å². The van der Waals surface area contributed by atoms with Crippen molar-refractivity contribution in [3.8, 4) is 45.1 Å². The Hall–Kier alpha value is -7.82. The van der Waals surface area contributed by atoms with Crippen LogP contribution in [0.25, 0.3) is 110 Å². The molecule has 0 fully saturated rings. The summed E-state index contributed by atoms with van der Waals surface area (Å²) < 4.78 is 4.75. The van der Waals surface area contributed by atoms with Gasteiger partial charge in [-0.15, -0.1) is 0 Å². The van der Waals surface area contributed by atoms with Crippen LogP contribution in [0.3, 0.4) is 0 Å². The molecule has 0 atom stereocenters. The second-order valence-corrected chi connectivity index (χ2v) is 15.0. The summed E-state index contributed by atoms with van der Waals surface area (Å²) in [5, 5.41) is 8.25. The van der Waals surface area contributed by atoms with Gasteiger partial charge in [0.1, 0.15) is 0 Å². The molecule has 4 nitrogen and oxygen atoms in total. The van der Waals surface area contributed by atoms with E-state index in [9.17, 15) is 0 Å².